The number of esters is 1. The van der Waals surface area contributed by atoms with Gasteiger partial charge in [0.1, 0.15) is 30.8 Å². The van der Waals surface area contributed by atoms with Crippen molar-refractivity contribution in [2.24, 2.45) is 5.92 Å². The van der Waals surface area contributed by atoms with Crippen LogP contribution in [-0.4, -0.2) is 53.4 Å². The molecule has 2 rings (SSSR count). The summed E-state index contributed by atoms with van der Waals surface area (Å²) in [4.78, 5) is 36.2. The van der Waals surface area contributed by atoms with E-state index in [9.17, 15) is 24.6 Å². The molecule has 3 atom stereocenters. The summed E-state index contributed by atoms with van der Waals surface area (Å²) in [5.41, 5.74) is 2.34. The number of benzene rings is 2. The third-order valence-electron chi connectivity index (χ3n) is 6.59. The molecule has 2 aromatic rings. The fraction of sp³-hybridized carbons (Fsp3) is 0.364. The Labute approximate surface area is 241 Å². The summed E-state index contributed by atoms with van der Waals surface area (Å²) in [5.74, 6) is -1.55. The Bertz CT molecular complexity index is 1270. The lowest BCUT2D eigenvalue weighted by atomic mass is 9.78. The van der Waals surface area contributed by atoms with Crippen LogP contribution in [0.1, 0.15) is 52.2 Å². The lowest BCUT2D eigenvalue weighted by molar-refractivity contribution is -0.142. The number of aliphatic hydroxyl groups excluding tert-OH is 2. The molecule has 3 unspecified atom stereocenters. The van der Waals surface area contributed by atoms with Gasteiger partial charge in [0.25, 0.3) is 0 Å². The first-order chi connectivity index (χ1) is 19.1. The summed E-state index contributed by atoms with van der Waals surface area (Å²) in [6.07, 6.45) is -2.74. The van der Waals surface area contributed by atoms with Crippen molar-refractivity contribution in [1.82, 2.24) is 0 Å². The van der Waals surface area contributed by atoms with E-state index < -0.39 is 35.5 Å². The molecule has 0 bridgehead atoms. The lowest BCUT2D eigenvalue weighted by Crippen LogP contribution is -2.35. The summed E-state index contributed by atoms with van der Waals surface area (Å²) in [7, 11) is 0. The maximum absolute atomic E-state index is 12.6. The molecule has 0 aromatic heterocycles. The molecule has 0 spiro atoms. The van der Waals surface area contributed by atoms with E-state index in [1.807, 2.05) is 24.3 Å². The fourth-order valence-corrected chi connectivity index (χ4v) is 3.86. The van der Waals surface area contributed by atoms with Gasteiger partial charge in [0.05, 0.1) is 5.92 Å². The average Bonchev–Trinajstić information content (AvgIpc) is 2.93. The average molecular weight is 565 g/mol. The van der Waals surface area contributed by atoms with Crippen LogP contribution in [-0.2, 0) is 24.5 Å². The molecular weight excluding hydrogens is 524 g/mol. The third kappa shape index (κ3) is 9.55. The standard InChI is InChI=1S/C33H40O8/c1-20(2)29(35)17-28(30(36)21(3)4)32(38)41-27-15-11-24(12-16-27)33(7,8)23-9-13-26(14-10-23)39-18-25(34)19-40-31(37)22(5)6/h9-16,25,28,32,34,38H,1,3,5,17-19H2,2,4,6-8H3. The zero-order chi connectivity index (χ0) is 30.9. The molecule has 8 heteroatoms. The molecule has 0 heterocycles. The van der Waals surface area contributed by atoms with Gasteiger partial charge in [-0.2, -0.15) is 0 Å². The second kappa shape index (κ2) is 14.6. The van der Waals surface area contributed by atoms with Gasteiger partial charge in [-0.1, -0.05) is 57.8 Å². The fourth-order valence-electron chi connectivity index (χ4n) is 3.86. The Kier molecular flexibility index (Phi) is 11.8. The normalized spacial score (nSPS) is 13.3. The molecule has 0 saturated carbocycles. The minimum Gasteiger partial charge on any atom is -0.491 e. The van der Waals surface area contributed by atoms with Crippen molar-refractivity contribution < 1.29 is 38.8 Å². The Balaban J connectivity index is 2.05. The van der Waals surface area contributed by atoms with Gasteiger partial charge in [0.15, 0.2) is 11.6 Å². The topological polar surface area (TPSA) is 119 Å². The van der Waals surface area contributed by atoms with Crippen LogP contribution in [0.5, 0.6) is 11.5 Å². The van der Waals surface area contributed by atoms with Gasteiger partial charge in [-0.3, -0.25) is 9.59 Å². The van der Waals surface area contributed by atoms with Crippen molar-refractivity contribution in [3.05, 3.63) is 96.1 Å². The molecule has 0 aliphatic heterocycles. The minimum atomic E-state index is -1.54. The van der Waals surface area contributed by atoms with Gasteiger partial charge in [-0.05, 0) is 67.3 Å². The van der Waals surface area contributed by atoms with E-state index in [2.05, 4.69) is 33.6 Å². The number of rotatable bonds is 16. The van der Waals surface area contributed by atoms with E-state index in [-0.39, 0.29) is 36.6 Å². The second-order valence-corrected chi connectivity index (χ2v) is 10.7. The first-order valence-electron chi connectivity index (χ1n) is 13.2. The number of carbonyl (C=O) groups is 3. The predicted octanol–water partition coefficient (Wildman–Crippen LogP) is 4.87. The number of hydrogen-bond acceptors (Lipinski definition) is 8. The third-order valence-corrected chi connectivity index (χ3v) is 6.59. The monoisotopic (exact) mass is 564 g/mol. The Morgan fingerprint density at radius 3 is 1.76 bits per heavy atom. The van der Waals surface area contributed by atoms with E-state index in [4.69, 9.17) is 14.2 Å². The summed E-state index contributed by atoms with van der Waals surface area (Å²) in [6, 6.07) is 14.6. The summed E-state index contributed by atoms with van der Waals surface area (Å²) in [5, 5.41) is 20.7. The molecule has 41 heavy (non-hydrogen) atoms. The first kappa shape index (κ1) is 33.2. The second-order valence-electron chi connectivity index (χ2n) is 10.7. The van der Waals surface area contributed by atoms with Crippen molar-refractivity contribution in [3.63, 3.8) is 0 Å². The summed E-state index contributed by atoms with van der Waals surface area (Å²) >= 11 is 0. The van der Waals surface area contributed by atoms with Gasteiger partial charge >= 0.3 is 5.97 Å². The molecule has 2 aromatic carbocycles. The molecule has 0 aliphatic rings. The smallest absolute Gasteiger partial charge is 0.333 e. The molecule has 0 amide bonds. The van der Waals surface area contributed by atoms with Gasteiger partial charge in [0, 0.05) is 17.4 Å². The van der Waals surface area contributed by atoms with E-state index in [0.717, 1.165) is 11.1 Å². The van der Waals surface area contributed by atoms with Crippen LogP contribution in [0.4, 0.5) is 0 Å². The molecule has 0 saturated heterocycles. The number of ether oxygens (including phenoxy) is 3. The van der Waals surface area contributed by atoms with E-state index in [1.165, 1.54) is 13.8 Å². The zero-order valence-corrected chi connectivity index (χ0v) is 24.4. The maximum atomic E-state index is 12.6. The SMILES string of the molecule is C=C(C)C(=O)CC(C(=O)C(=C)C)C(O)Oc1ccc(C(C)(C)c2ccc(OCC(O)COC(=O)C(=C)C)cc2)cc1. The lowest BCUT2D eigenvalue weighted by Gasteiger charge is -2.27. The van der Waals surface area contributed by atoms with E-state index in [1.54, 1.807) is 31.2 Å². The van der Waals surface area contributed by atoms with Gasteiger partial charge < -0.3 is 24.4 Å². The van der Waals surface area contributed by atoms with Crippen LogP contribution >= 0.6 is 0 Å². The van der Waals surface area contributed by atoms with Crippen LogP contribution in [0.3, 0.4) is 0 Å². The number of aliphatic hydroxyl groups is 2. The largest absolute Gasteiger partial charge is 0.491 e. The number of hydrogen-bond donors (Lipinski definition) is 2. The molecule has 0 radical (unpaired) electrons. The first-order valence-corrected chi connectivity index (χ1v) is 13.2. The van der Waals surface area contributed by atoms with Crippen molar-refractivity contribution >= 4 is 17.5 Å². The predicted molar refractivity (Wildman–Crippen MR) is 157 cm³/mol. The molecule has 220 valence electrons. The summed E-state index contributed by atoms with van der Waals surface area (Å²) < 4.78 is 16.2. The Morgan fingerprint density at radius 1 is 0.780 bits per heavy atom. The zero-order valence-electron chi connectivity index (χ0n) is 24.4. The van der Waals surface area contributed by atoms with Crippen molar-refractivity contribution in [2.75, 3.05) is 13.2 Å². The highest BCUT2D eigenvalue weighted by Crippen LogP contribution is 2.34. The van der Waals surface area contributed by atoms with E-state index >= 15 is 0 Å². The Morgan fingerprint density at radius 2 is 1.29 bits per heavy atom. The maximum Gasteiger partial charge on any atom is 0.333 e. The molecule has 0 aliphatic carbocycles. The summed E-state index contributed by atoms with van der Waals surface area (Å²) in [6.45, 7) is 19.2. The Hall–Kier alpha value is -4.01. The highest BCUT2D eigenvalue weighted by Gasteiger charge is 2.31. The molecule has 8 nitrogen and oxygen atoms in total. The van der Waals surface area contributed by atoms with Crippen LogP contribution in [0.2, 0.25) is 0 Å². The van der Waals surface area contributed by atoms with Crippen LogP contribution in [0.25, 0.3) is 0 Å². The van der Waals surface area contributed by atoms with Gasteiger partial charge in [-0.15, -0.1) is 0 Å². The number of Topliss-reactive ketones (excluding diaryl/α,β-unsaturated/α-hetero) is 2. The van der Waals surface area contributed by atoms with Crippen LogP contribution < -0.4 is 9.47 Å². The van der Waals surface area contributed by atoms with Gasteiger partial charge in [0.2, 0.25) is 6.29 Å². The van der Waals surface area contributed by atoms with E-state index in [0.29, 0.717) is 17.1 Å². The van der Waals surface area contributed by atoms with Crippen LogP contribution in [0, 0.1) is 5.92 Å². The highest BCUT2D eigenvalue weighted by atomic mass is 16.6. The van der Waals surface area contributed by atoms with Crippen molar-refractivity contribution in [3.8, 4) is 11.5 Å². The van der Waals surface area contributed by atoms with Gasteiger partial charge in [-0.25, -0.2) is 4.79 Å². The van der Waals surface area contributed by atoms with Crippen LogP contribution in [0.15, 0.2) is 85.0 Å². The number of carbonyl (C=O) groups excluding carboxylic acids is 3. The quantitative estimate of drug-likeness (QED) is 0.168. The number of allylic oxidation sites excluding steroid dienone is 2. The molecule has 0 fully saturated rings. The highest BCUT2D eigenvalue weighted by molar-refractivity contribution is 6.02. The van der Waals surface area contributed by atoms with Crippen molar-refractivity contribution in [1.29, 1.82) is 0 Å². The molecular formula is C33H40O8. The molecule has 2 N–H and O–H groups in total. The van der Waals surface area contributed by atoms with Crippen molar-refractivity contribution in [2.45, 2.75) is 58.8 Å². The minimum absolute atomic E-state index is 0.0420. The number of ketones is 2.